The number of fused-ring (bicyclic) bond motifs is 1. The van der Waals surface area contributed by atoms with E-state index in [1.54, 1.807) is 4.90 Å². The third-order valence-corrected chi connectivity index (χ3v) is 6.46. The van der Waals surface area contributed by atoms with E-state index in [1.165, 1.54) is 11.3 Å². The fourth-order valence-corrected chi connectivity index (χ4v) is 4.68. The Bertz CT molecular complexity index is 997. The number of para-hydroxylation sites is 1. The smallest absolute Gasteiger partial charge is 0.350 e. The molecule has 3 aromatic rings. The minimum absolute atomic E-state index is 0.182. The number of piperazine rings is 1. The van der Waals surface area contributed by atoms with Crippen LogP contribution < -0.4 is 4.90 Å². The van der Waals surface area contributed by atoms with Crippen molar-refractivity contribution in [2.45, 2.75) is 0 Å². The van der Waals surface area contributed by atoms with Crippen LogP contribution in [0.3, 0.4) is 0 Å². The predicted molar refractivity (Wildman–Crippen MR) is 112 cm³/mol. The summed E-state index contributed by atoms with van der Waals surface area (Å²) in [6, 6.07) is 17.7. The monoisotopic (exact) mass is 414 g/mol. The number of rotatable bonds is 4. The normalized spacial score (nSPS) is 14.3. The van der Waals surface area contributed by atoms with Crippen LogP contribution in [0, 0.1) is 0 Å². The first-order chi connectivity index (χ1) is 13.6. The Hall–Kier alpha value is -2.57. The van der Waals surface area contributed by atoms with E-state index in [4.69, 9.17) is 16.3 Å². The number of amides is 1. The van der Waals surface area contributed by atoms with Gasteiger partial charge in [0.1, 0.15) is 4.88 Å². The molecule has 1 saturated heterocycles. The highest BCUT2D eigenvalue weighted by Gasteiger charge is 2.24. The highest BCUT2D eigenvalue weighted by molar-refractivity contribution is 7.21. The summed E-state index contributed by atoms with van der Waals surface area (Å²) in [7, 11) is 0. The zero-order chi connectivity index (χ0) is 19.5. The average molecular weight is 415 g/mol. The van der Waals surface area contributed by atoms with Gasteiger partial charge in [0, 0.05) is 42.0 Å². The van der Waals surface area contributed by atoms with Crippen LogP contribution in [0.25, 0.3) is 10.1 Å². The van der Waals surface area contributed by atoms with Gasteiger partial charge in [-0.15, -0.1) is 11.3 Å². The second-order valence-electron chi connectivity index (χ2n) is 6.52. The van der Waals surface area contributed by atoms with Gasteiger partial charge in [0.05, 0.1) is 5.02 Å². The minimum Gasteiger partial charge on any atom is -0.451 e. The molecule has 0 N–H and O–H groups in total. The molecule has 0 bridgehead atoms. The van der Waals surface area contributed by atoms with E-state index < -0.39 is 5.97 Å². The van der Waals surface area contributed by atoms with Gasteiger partial charge >= 0.3 is 5.97 Å². The van der Waals surface area contributed by atoms with E-state index in [2.05, 4.69) is 17.0 Å². The lowest BCUT2D eigenvalue weighted by molar-refractivity contribution is -0.134. The molecule has 0 spiro atoms. The summed E-state index contributed by atoms with van der Waals surface area (Å²) in [6.45, 7) is 2.45. The number of benzene rings is 2. The number of carbonyl (C=O) groups is 2. The van der Waals surface area contributed by atoms with Crippen molar-refractivity contribution in [2.24, 2.45) is 0 Å². The van der Waals surface area contributed by atoms with Crippen LogP contribution in [0.15, 0.2) is 54.6 Å². The van der Waals surface area contributed by atoms with Crippen molar-refractivity contribution in [3.05, 3.63) is 64.5 Å². The summed E-state index contributed by atoms with van der Waals surface area (Å²) in [5, 5.41) is 1.21. The number of nitrogens with zero attached hydrogens (tertiary/aromatic N) is 2. The summed E-state index contributed by atoms with van der Waals surface area (Å²) in [5.74, 6) is -0.735. The number of carbonyl (C=O) groups excluding carboxylic acids is 2. The van der Waals surface area contributed by atoms with E-state index in [9.17, 15) is 9.59 Å². The molecule has 1 amide bonds. The van der Waals surface area contributed by atoms with Crippen LogP contribution in [0.1, 0.15) is 9.67 Å². The van der Waals surface area contributed by atoms with Crippen LogP contribution in [-0.4, -0.2) is 49.6 Å². The predicted octanol–water partition coefficient (Wildman–Crippen LogP) is 4.06. The van der Waals surface area contributed by atoms with Crippen LogP contribution >= 0.6 is 22.9 Å². The van der Waals surface area contributed by atoms with Crippen LogP contribution in [0.5, 0.6) is 0 Å². The van der Waals surface area contributed by atoms with Gasteiger partial charge in [-0.25, -0.2) is 4.79 Å². The SMILES string of the molecule is O=C(OCC(=O)N1CCN(c2ccccc2)CC1)c1sc2ccccc2c1Cl. The first-order valence-electron chi connectivity index (χ1n) is 9.05. The van der Waals surface area contributed by atoms with E-state index in [0.717, 1.165) is 28.9 Å². The molecule has 1 fully saturated rings. The Balaban J connectivity index is 1.32. The van der Waals surface area contributed by atoms with Crippen molar-refractivity contribution >= 4 is 50.6 Å². The summed E-state index contributed by atoms with van der Waals surface area (Å²) < 4.78 is 6.17. The van der Waals surface area contributed by atoms with Crippen molar-refractivity contribution in [1.29, 1.82) is 0 Å². The molecule has 28 heavy (non-hydrogen) atoms. The van der Waals surface area contributed by atoms with Gasteiger partial charge in [-0.3, -0.25) is 4.79 Å². The van der Waals surface area contributed by atoms with Gasteiger partial charge < -0.3 is 14.5 Å². The number of anilines is 1. The second-order valence-corrected chi connectivity index (χ2v) is 7.95. The molecular weight excluding hydrogens is 396 g/mol. The van der Waals surface area contributed by atoms with E-state index in [0.29, 0.717) is 23.0 Å². The molecule has 5 nitrogen and oxygen atoms in total. The molecule has 2 heterocycles. The molecular formula is C21H19ClN2O3S. The number of thiophene rings is 1. The lowest BCUT2D eigenvalue weighted by Gasteiger charge is -2.36. The Morgan fingerprint density at radius 2 is 1.64 bits per heavy atom. The number of esters is 1. The molecule has 0 aliphatic carbocycles. The molecule has 7 heteroatoms. The van der Waals surface area contributed by atoms with Gasteiger partial charge in [0.15, 0.2) is 6.61 Å². The van der Waals surface area contributed by atoms with Gasteiger partial charge in [-0.05, 0) is 18.2 Å². The highest BCUT2D eigenvalue weighted by Crippen LogP contribution is 2.35. The zero-order valence-corrected chi connectivity index (χ0v) is 16.7. The molecule has 2 aromatic carbocycles. The first-order valence-corrected chi connectivity index (χ1v) is 10.2. The van der Waals surface area contributed by atoms with Gasteiger partial charge in [0.2, 0.25) is 0 Å². The fraction of sp³-hybridized carbons (Fsp3) is 0.238. The van der Waals surface area contributed by atoms with E-state index >= 15 is 0 Å². The number of ether oxygens (including phenoxy) is 1. The fourth-order valence-electron chi connectivity index (χ4n) is 3.28. The number of halogens is 1. The molecule has 144 valence electrons. The van der Waals surface area contributed by atoms with E-state index in [1.807, 2.05) is 42.5 Å². The standard InChI is InChI=1S/C21H19ClN2O3S/c22-19-16-8-4-5-9-17(16)28-20(19)21(26)27-14-18(25)24-12-10-23(11-13-24)15-6-2-1-3-7-15/h1-9H,10-14H2. The Kier molecular flexibility index (Phi) is 5.50. The van der Waals surface area contributed by atoms with Crippen LogP contribution in [0.2, 0.25) is 5.02 Å². The van der Waals surface area contributed by atoms with Crippen molar-refractivity contribution in [3.63, 3.8) is 0 Å². The summed E-state index contributed by atoms with van der Waals surface area (Å²) in [4.78, 5) is 29.1. The molecule has 4 rings (SSSR count). The molecule has 1 aliphatic heterocycles. The highest BCUT2D eigenvalue weighted by atomic mass is 35.5. The topological polar surface area (TPSA) is 49.9 Å². The Labute approximate surface area is 172 Å². The van der Waals surface area contributed by atoms with Crippen LogP contribution in [0.4, 0.5) is 5.69 Å². The minimum atomic E-state index is -0.553. The molecule has 1 aromatic heterocycles. The molecule has 1 aliphatic rings. The Morgan fingerprint density at radius 1 is 0.964 bits per heavy atom. The maximum atomic E-state index is 12.4. The maximum absolute atomic E-state index is 12.4. The number of hydrogen-bond donors (Lipinski definition) is 0. The molecule has 0 radical (unpaired) electrons. The van der Waals surface area contributed by atoms with Crippen molar-refractivity contribution in [3.8, 4) is 0 Å². The summed E-state index contributed by atoms with van der Waals surface area (Å²) in [5.41, 5.74) is 1.15. The maximum Gasteiger partial charge on any atom is 0.350 e. The number of hydrogen-bond acceptors (Lipinski definition) is 5. The largest absolute Gasteiger partial charge is 0.451 e. The zero-order valence-electron chi connectivity index (χ0n) is 15.1. The third kappa shape index (κ3) is 3.84. The summed E-state index contributed by atoms with van der Waals surface area (Å²) in [6.07, 6.45) is 0. The lowest BCUT2D eigenvalue weighted by Crippen LogP contribution is -2.49. The van der Waals surface area contributed by atoms with Crippen molar-refractivity contribution in [2.75, 3.05) is 37.7 Å². The van der Waals surface area contributed by atoms with Gasteiger partial charge in [0.25, 0.3) is 5.91 Å². The molecule has 0 unspecified atom stereocenters. The van der Waals surface area contributed by atoms with Gasteiger partial charge in [-0.1, -0.05) is 48.0 Å². The third-order valence-electron chi connectivity index (χ3n) is 4.80. The lowest BCUT2D eigenvalue weighted by atomic mass is 10.2. The first kappa shape index (κ1) is 18.8. The van der Waals surface area contributed by atoms with Crippen molar-refractivity contribution in [1.82, 2.24) is 4.90 Å². The Morgan fingerprint density at radius 3 is 2.36 bits per heavy atom. The average Bonchev–Trinajstić information content (AvgIpc) is 3.09. The van der Waals surface area contributed by atoms with Crippen molar-refractivity contribution < 1.29 is 14.3 Å². The van der Waals surface area contributed by atoms with Crippen LogP contribution in [-0.2, 0) is 9.53 Å². The molecule has 0 atom stereocenters. The van der Waals surface area contributed by atoms with E-state index in [-0.39, 0.29) is 12.5 Å². The second kappa shape index (κ2) is 8.20. The van der Waals surface area contributed by atoms with Gasteiger partial charge in [-0.2, -0.15) is 0 Å². The molecule has 0 saturated carbocycles. The quantitative estimate of drug-likeness (QED) is 0.604. The summed E-state index contributed by atoms with van der Waals surface area (Å²) >= 11 is 7.58.